The van der Waals surface area contributed by atoms with Crippen LogP contribution in [-0.4, -0.2) is 31.9 Å². The molecule has 0 saturated heterocycles. The van der Waals surface area contributed by atoms with E-state index in [0.717, 1.165) is 6.42 Å². The molecular weight excluding hydrogens is 344 g/mol. The van der Waals surface area contributed by atoms with Crippen molar-refractivity contribution in [3.05, 3.63) is 41.3 Å². The van der Waals surface area contributed by atoms with Gasteiger partial charge >= 0.3 is 0 Å². The van der Waals surface area contributed by atoms with Crippen LogP contribution in [0.5, 0.6) is 0 Å². The third-order valence-electron chi connectivity index (χ3n) is 3.79. The summed E-state index contributed by atoms with van der Waals surface area (Å²) in [4.78, 5) is 16.5. The number of nitrogens with zero attached hydrogens (tertiary/aromatic N) is 2. The number of aryl methyl sites for hydroxylation is 2. The van der Waals surface area contributed by atoms with Gasteiger partial charge in [-0.2, -0.15) is 0 Å². The minimum Gasteiger partial charge on any atom is -0.361 e. The van der Waals surface area contributed by atoms with E-state index in [9.17, 15) is 13.2 Å². The van der Waals surface area contributed by atoms with E-state index in [1.807, 2.05) is 0 Å². The van der Waals surface area contributed by atoms with E-state index in [1.165, 1.54) is 12.1 Å². The molecule has 1 aliphatic heterocycles. The van der Waals surface area contributed by atoms with Crippen molar-refractivity contribution in [1.29, 1.82) is 0 Å². The molecule has 0 bridgehead atoms. The zero-order valence-corrected chi connectivity index (χ0v) is 14.7. The standard InChI is InChI=1S/C16H18N4O4S/c1-10-15(11(2)24-19-10)16(21)18-12-5-3-6-13(9-12)25(22,23)20-14-7-4-8-17-14/h3,5-6,9H,4,7-8H2,1-2H3,(H,17,20)(H,18,21). The number of hydrogen-bond donors (Lipinski definition) is 2. The molecule has 0 unspecified atom stereocenters. The Hall–Kier alpha value is -2.68. The molecule has 0 aliphatic carbocycles. The summed E-state index contributed by atoms with van der Waals surface area (Å²) in [6, 6.07) is 6.04. The second kappa shape index (κ2) is 6.67. The van der Waals surface area contributed by atoms with Gasteiger partial charge in [-0.25, -0.2) is 8.42 Å². The number of hydrogen-bond acceptors (Lipinski definition) is 6. The fourth-order valence-corrected chi connectivity index (χ4v) is 3.71. The molecule has 25 heavy (non-hydrogen) atoms. The van der Waals surface area contributed by atoms with Crippen LogP contribution in [0.15, 0.2) is 38.7 Å². The maximum atomic E-state index is 12.4. The molecular formula is C16H18N4O4S. The Morgan fingerprint density at radius 2 is 2.08 bits per heavy atom. The maximum Gasteiger partial charge on any atom is 0.262 e. The highest BCUT2D eigenvalue weighted by atomic mass is 32.2. The van der Waals surface area contributed by atoms with Gasteiger partial charge < -0.3 is 9.84 Å². The fourth-order valence-electron chi connectivity index (χ4n) is 2.58. The van der Waals surface area contributed by atoms with Crippen molar-refractivity contribution in [1.82, 2.24) is 9.88 Å². The van der Waals surface area contributed by atoms with Gasteiger partial charge in [-0.05, 0) is 38.5 Å². The Morgan fingerprint density at radius 3 is 2.72 bits per heavy atom. The zero-order chi connectivity index (χ0) is 18.0. The van der Waals surface area contributed by atoms with Gasteiger partial charge in [0.15, 0.2) is 0 Å². The lowest BCUT2D eigenvalue weighted by molar-refractivity contribution is 0.102. The van der Waals surface area contributed by atoms with Crippen molar-refractivity contribution < 1.29 is 17.7 Å². The summed E-state index contributed by atoms with van der Waals surface area (Å²) in [7, 11) is -3.74. The highest BCUT2D eigenvalue weighted by Crippen LogP contribution is 2.19. The number of sulfonamides is 1. The number of anilines is 1. The maximum absolute atomic E-state index is 12.4. The van der Waals surface area contributed by atoms with Crippen molar-refractivity contribution in [3.8, 4) is 0 Å². The average Bonchev–Trinajstić information content (AvgIpc) is 3.17. The van der Waals surface area contributed by atoms with Crippen LogP contribution in [0.1, 0.15) is 34.7 Å². The lowest BCUT2D eigenvalue weighted by atomic mass is 10.2. The smallest absolute Gasteiger partial charge is 0.262 e. The summed E-state index contributed by atoms with van der Waals surface area (Å²) >= 11 is 0. The largest absolute Gasteiger partial charge is 0.361 e. The van der Waals surface area contributed by atoms with Crippen LogP contribution < -0.4 is 10.0 Å². The van der Waals surface area contributed by atoms with Crippen molar-refractivity contribution in [2.24, 2.45) is 4.99 Å². The van der Waals surface area contributed by atoms with Crippen LogP contribution in [0.4, 0.5) is 5.69 Å². The summed E-state index contributed by atoms with van der Waals surface area (Å²) in [6.45, 7) is 3.94. The molecule has 2 N–H and O–H groups in total. The quantitative estimate of drug-likeness (QED) is 0.864. The Labute approximate surface area is 145 Å². The lowest BCUT2D eigenvalue weighted by Gasteiger charge is -2.10. The second-order valence-corrected chi connectivity index (χ2v) is 7.40. The number of carbonyl (C=O) groups excluding carboxylic acids is 1. The first-order chi connectivity index (χ1) is 11.9. The zero-order valence-electron chi connectivity index (χ0n) is 13.9. The van der Waals surface area contributed by atoms with Gasteiger partial charge in [0.1, 0.15) is 17.2 Å². The summed E-state index contributed by atoms with van der Waals surface area (Å²) in [5, 5.41) is 6.41. The first-order valence-electron chi connectivity index (χ1n) is 7.77. The number of amides is 1. The van der Waals surface area contributed by atoms with Crippen molar-refractivity contribution in [3.63, 3.8) is 0 Å². The molecule has 0 radical (unpaired) electrons. The number of aliphatic imine (C=N–C) groups is 1. The fraction of sp³-hybridized carbons (Fsp3) is 0.312. The number of rotatable bonds is 4. The van der Waals surface area contributed by atoms with Crippen LogP contribution in [0.3, 0.4) is 0 Å². The lowest BCUT2D eigenvalue weighted by Crippen LogP contribution is -2.29. The van der Waals surface area contributed by atoms with Crippen LogP contribution in [0.2, 0.25) is 0 Å². The molecule has 9 heteroatoms. The van der Waals surface area contributed by atoms with E-state index >= 15 is 0 Å². The van der Waals surface area contributed by atoms with E-state index in [2.05, 4.69) is 20.2 Å². The summed E-state index contributed by atoms with van der Waals surface area (Å²) in [5.74, 6) is 0.462. The molecule has 0 saturated carbocycles. The van der Waals surface area contributed by atoms with Gasteiger partial charge in [-0.3, -0.25) is 14.5 Å². The van der Waals surface area contributed by atoms with Crippen LogP contribution in [0.25, 0.3) is 0 Å². The summed E-state index contributed by atoms with van der Waals surface area (Å²) in [6.07, 6.45) is 1.45. The topological polar surface area (TPSA) is 114 Å². The van der Waals surface area contributed by atoms with E-state index in [4.69, 9.17) is 4.52 Å². The molecule has 8 nitrogen and oxygen atoms in total. The molecule has 0 fully saturated rings. The second-order valence-electron chi connectivity index (χ2n) is 5.72. The van der Waals surface area contributed by atoms with Gasteiger partial charge in [0, 0.05) is 18.7 Å². The van der Waals surface area contributed by atoms with Crippen molar-refractivity contribution in [2.45, 2.75) is 31.6 Å². The van der Waals surface area contributed by atoms with Gasteiger partial charge in [-0.1, -0.05) is 11.2 Å². The summed E-state index contributed by atoms with van der Waals surface area (Å²) in [5.41, 5.74) is 1.17. The Morgan fingerprint density at radius 1 is 1.28 bits per heavy atom. The molecule has 1 amide bonds. The third-order valence-corrected chi connectivity index (χ3v) is 5.17. The molecule has 1 aromatic carbocycles. The minimum absolute atomic E-state index is 0.0543. The predicted octanol–water partition coefficient (Wildman–Crippen LogP) is 2.01. The van der Waals surface area contributed by atoms with E-state index in [1.54, 1.807) is 26.0 Å². The van der Waals surface area contributed by atoms with E-state index in [-0.39, 0.29) is 4.90 Å². The molecule has 1 aromatic heterocycles. The molecule has 1 aliphatic rings. The highest BCUT2D eigenvalue weighted by molar-refractivity contribution is 7.90. The van der Waals surface area contributed by atoms with Gasteiger partial charge in [0.25, 0.3) is 15.9 Å². The molecule has 0 atom stereocenters. The molecule has 3 rings (SSSR count). The normalized spacial score (nSPS) is 14.2. The number of nitrogens with one attached hydrogen (secondary N) is 2. The van der Waals surface area contributed by atoms with Crippen molar-refractivity contribution >= 4 is 27.5 Å². The molecule has 2 aromatic rings. The number of benzene rings is 1. The first-order valence-corrected chi connectivity index (χ1v) is 9.25. The Balaban J connectivity index is 1.81. The van der Waals surface area contributed by atoms with E-state index in [0.29, 0.717) is 41.5 Å². The van der Waals surface area contributed by atoms with Gasteiger partial charge in [0.2, 0.25) is 0 Å². The Kier molecular flexibility index (Phi) is 4.58. The summed E-state index contributed by atoms with van der Waals surface area (Å²) < 4.78 is 32.3. The highest BCUT2D eigenvalue weighted by Gasteiger charge is 2.20. The third kappa shape index (κ3) is 3.71. The predicted molar refractivity (Wildman–Crippen MR) is 92.2 cm³/mol. The number of amidine groups is 1. The number of aromatic nitrogens is 1. The Bertz CT molecular complexity index is 927. The van der Waals surface area contributed by atoms with Crippen LogP contribution in [-0.2, 0) is 10.0 Å². The molecule has 132 valence electrons. The average molecular weight is 362 g/mol. The van der Waals surface area contributed by atoms with Gasteiger partial charge in [0.05, 0.1) is 10.6 Å². The molecule has 2 heterocycles. The SMILES string of the molecule is Cc1noc(C)c1C(=O)Nc1cccc(S(=O)(=O)NC2=NCCC2)c1. The van der Waals surface area contributed by atoms with Crippen LogP contribution in [0, 0.1) is 13.8 Å². The first kappa shape index (κ1) is 17.2. The van der Waals surface area contributed by atoms with Gasteiger partial charge in [-0.15, -0.1) is 0 Å². The molecule has 0 spiro atoms. The monoisotopic (exact) mass is 362 g/mol. The minimum atomic E-state index is -3.74. The van der Waals surface area contributed by atoms with E-state index < -0.39 is 15.9 Å². The number of carbonyl (C=O) groups is 1. The van der Waals surface area contributed by atoms with Crippen LogP contribution >= 0.6 is 0 Å². The van der Waals surface area contributed by atoms with Crippen molar-refractivity contribution in [2.75, 3.05) is 11.9 Å².